The number of hydrogen-bond acceptors (Lipinski definition) is 4. The first-order valence-corrected chi connectivity index (χ1v) is 8.92. The average molecular weight is 423 g/mol. The molecule has 25 heavy (non-hydrogen) atoms. The van der Waals surface area contributed by atoms with E-state index in [2.05, 4.69) is 26.6 Å². The monoisotopic (exact) mass is 422 g/mol. The van der Waals surface area contributed by atoms with Crippen LogP contribution in [0.25, 0.3) is 0 Å². The summed E-state index contributed by atoms with van der Waals surface area (Å²) in [5, 5.41) is 5.83. The van der Waals surface area contributed by atoms with Crippen molar-refractivity contribution in [1.29, 1.82) is 0 Å². The molecule has 7 heteroatoms. The van der Waals surface area contributed by atoms with Crippen LogP contribution in [0.1, 0.15) is 23.7 Å². The molecule has 2 rings (SSSR count). The van der Waals surface area contributed by atoms with Gasteiger partial charge in [0.25, 0.3) is 5.91 Å². The van der Waals surface area contributed by atoms with Gasteiger partial charge >= 0.3 is 0 Å². The summed E-state index contributed by atoms with van der Waals surface area (Å²) in [7, 11) is 1.59. The average Bonchev–Trinajstić information content (AvgIpc) is 2.60. The van der Waals surface area contributed by atoms with Gasteiger partial charge in [-0.2, -0.15) is 0 Å². The molecule has 0 aliphatic heterocycles. The summed E-state index contributed by atoms with van der Waals surface area (Å²) in [4.78, 5) is 12.2. The second-order valence-electron chi connectivity index (χ2n) is 5.13. The number of carbonyl (C=O) groups excluding carboxylic acids is 1. The van der Waals surface area contributed by atoms with E-state index in [1.165, 1.54) is 0 Å². The second kappa shape index (κ2) is 9.39. The number of methoxy groups -OCH3 is 1. The maximum absolute atomic E-state index is 12.2. The highest BCUT2D eigenvalue weighted by Gasteiger charge is 2.09. The molecule has 2 aromatic carbocycles. The van der Waals surface area contributed by atoms with Gasteiger partial charge in [-0.1, -0.05) is 6.92 Å². The fourth-order valence-electron chi connectivity index (χ4n) is 2.00. The third kappa shape index (κ3) is 5.72. The fourth-order valence-corrected chi connectivity index (χ4v) is 2.76. The van der Waals surface area contributed by atoms with Crippen LogP contribution in [0.2, 0.25) is 0 Å². The van der Waals surface area contributed by atoms with E-state index in [4.69, 9.17) is 21.7 Å². The van der Waals surface area contributed by atoms with E-state index in [9.17, 15) is 4.79 Å². The molecule has 0 fully saturated rings. The Hall–Kier alpha value is -2.12. The predicted octanol–water partition coefficient (Wildman–Crippen LogP) is 4.37. The highest BCUT2D eigenvalue weighted by molar-refractivity contribution is 9.10. The van der Waals surface area contributed by atoms with Gasteiger partial charge in [-0.3, -0.25) is 10.1 Å². The van der Waals surface area contributed by atoms with Gasteiger partial charge in [0.05, 0.1) is 18.2 Å². The van der Waals surface area contributed by atoms with Crippen LogP contribution in [0.15, 0.2) is 46.9 Å². The second-order valence-corrected chi connectivity index (χ2v) is 6.39. The quantitative estimate of drug-likeness (QED) is 0.676. The number of anilines is 1. The number of carbonyl (C=O) groups is 1. The molecule has 0 spiro atoms. The van der Waals surface area contributed by atoms with Gasteiger partial charge in [0.15, 0.2) is 5.11 Å². The summed E-state index contributed by atoms with van der Waals surface area (Å²) in [6, 6.07) is 12.4. The van der Waals surface area contributed by atoms with E-state index in [1.807, 2.05) is 19.1 Å². The minimum atomic E-state index is -0.285. The number of nitrogens with one attached hydrogen (secondary N) is 2. The topological polar surface area (TPSA) is 59.6 Å². The summed E-state index contributed by atoms with van der Waals surface area (Å²) < 4.78 is 11.5. The minimum Gasteiger partial charge on any atom is -0.496 e. The molecule has 0 atom stereocenters. The highest BCUT2D eigenvalue weighted by Crippen LogP contribution is 2.27. The standard InChI is InChI=1S/C18H19BrN2O3S/c1-3-10-24-14-7-4-12(5-8-14)17(22)21-18(25)20-13-6-9-16(23-2)15(19)11-13/h4-9,11H,3,10H2,1-2H3,(H2,20,21,22,25). The van der Waals surface area contributed by atoms with Crippen molar-refractivity contribution in [3.05, 3.63) is 52.5 Å². The largest absolute Gasteiger partial charge is 0.496 e. The van der Waals surface area contributed by atoms with E-state index in [1.54, 1.807) is 37.4 Å². The van der Waals surface area contributed by atoms with E-state index in [0.29, 0.717) is 17.9 Å². The zero-order valence-electron chi connectivity index (χ0n) is 14.0. The lowest BCUT2D eigenvalue weighted by Crippen LogP contribution is -2.34. The Labute approximate surface area is 160 Å². The first-order chi connectivity index (χ1) is 12.0. The Bertz CT molecular complexity index is 750. The van der Waals surface area contributed by atoms with Gasteiger partial charge < -0.3 is 14.8 Å². The van der Waals surface area contributed by atoms with E-state index in [0.717, 1.165) is 22.3 Å². The van der Waals surface area contributed by atoms with Gasteiger partial charge in [0, 0.05) is 11.3 Å². The normalized spacial score (nSPS) is 10.0. The van der Waals surface area contributed by atoms with Crippen LogP contribution >= 0.6 is 28.1 Å². The molecule has 0 aliphatic carbocycles. The van der Waals surface area contributed by atoms with Gasteiger partial charge in [0.2, 0.25) is 0 Å². The fraction of sp³-hybridized carbons (Fsp3) is 0.222. The third-order valence-corrected chi connectivity index (χ3v) is 4.05. The lowest BCUT2D eigenvalue weighted by atomic mass is 10.2. The Morgan fingerprint density at radius 3 is 2.52 bits per heavy atom. The molecule has 2 aromatic rings. The van der Waals surface area contributed by atoms with Gasteiger partial charge in [-0.05, 0) is 77.0 Å². The first-order valence-electron chi connectivity index (χ1n) is 7.72. The smallest absolute Gasteiger partial charge is 0.257 e. The highest BCUT2D eigenvalue weighted by atomic mass is 79.9. The van der Waals surface area contributed by atoms with Crippen molar-refractivity contribution in [3.8, 4) is 11.5 Å². The van der Waals surface area contributed by atoms with Crippen molar-refractivity contribution < 1.29 is 14.3 Å². The summed E-state index contributed by atoms with van der Waals surface area (Å²) in [5.74, 6) is 1.17. The summed E-state index contributed by atoms with van der Waals surface area (Å²) in [6.07, 6.45) is 0.934. The number of benzene rings is 2. The van der Waals surface area contributed by atoms with Gasteiger partial charge in [-0.25, -0.2) is 0 Å². The van der Waals surface area contributed by atoms with Crippen LogP contribution in [0, 0.1) is 0 Å². The molecule has 0 aromatic heterocycles. The number of amides is 1. The number of thiocarbonyl (C=S) groups is 1. The molecular weight excluding hydrogens is 404 g/mol. The number of halogens is 1. The zero-order valence-corrected chi connectivity index (χ0v) is 16.4. The molecule has 132 valence electrons. The molecular formula is C18H19BrN2O3S. The van der Waals surface area contributed by atoms with Crippen LogP contribution < -0.4 is 20.1 Å². The molecule has 0 aliphatic rings. The van der Waals surface area contributed by atoms with Crippen molar-refractivity contribution in [2.75, 3.05) is 19.0 Å². The van der Waals surface area contributed by atoms with Crippen LogP contribution in [-0.4, -0.2) is 24.7 Å². The van der Waals surface area contributed by atoms with Crippen molar-refractivity contribution in [2.24, 2.45) is 0 Å². The Morgan fingerprint density at radius 2 is 1.92 bits per heavy atom. The third-order valence-electron chi connectivity index (χ3n) is 3.23. The summed E-state index contributed by atoms with van der Waals surface area (Å²) in [6.45, 7) is 2.69. The molecule has 0 saturated carbocycles. The molecule has 0 unspecified atom stereocenters. The van der Waals surface area contributed by atoms with E-state index >= 15 is 0 Å². The first kappa shape index (κ1) is 19.2. The molecule has 5 nitrogen and oxygen atoms in total. The molecule has 2 N–H and O–H groups in total. The Morgan fingerprint density at radius 1 is 1.20 bits per heavy atom. The summed E-state index contributed by atoms with van der Waals surface area (Å²) >= 11 is 8.59. The maximum atomic E-state index is 12.2. The van der Waals surface area contributed by atoms with Crippen molar-refractivity contribution >= 4 is 44.9 Å². The number of ether oxygens (including phenoxy) is 2. The number of hydrogen-bond donors (Lipinski definition) is 2. The number of rotatable bonds is 6. The van der Waals surface area contributed by atoms with Crippen LogP contribution in [-0.2, 0) is 0 Å². The Balaban J connectivity index is 1.93. The lowest BCUT2D eigenvalue weighted by molar-refractivity contribution is 0.0977. The van der Waals surface area contributed by atoms with Gasteiger partial charge in [0.1, 0.15) is 11.5 Å². The molecule has 0 heterocycles. The Kier molecular flexibility index (Phi) is 7.21. The SMILES string of the molecule is CCCOc1ccc(C(=O)NC(=S)Nc2ccc(OC)c(Br)c2)cc1. The van der Waals surface area contributed by atoms with Crippen molar-refractivity contribution in [1.82, 2.24) is 5.32 Å². The van der Waals surface area contributed by atoms with Crippen LogP contribution in [0.4, 0.5) is 5.69 Å². The van der Waals surface area contributed by atoms with E-state index < -0.39 is 0 Å². The molecule has 0 bridgehead atoms. The van der Waals surface area contributed by atoms with Gasteiger partial charge in [-0.15, -0.1) is 0 Å². The van der Waals surface area contributed by atoms with Crippen molar-refractivity contribution in [3.63, 3.8) is 0 Å². The van der Waals surface area contributed by atoms with Crippen molar-refractivity contribution in [2.45, 2.75) is 13.3 Å². The lowest BCUT2D eigenvalue weighted by Gasteiger charge is -2.11. The minimum absolute atomic E-state index is 0.216. The van der Waals surface area contributed by atoms with E-state index in [-0.39, 0.29) is 11.0 Å². The molecule has 1 amide bonds. The molecule has 0 radical (unpaired) electrons. The maximum Gasteiger partial charge on any atom is 0.257 e. The van der Waals surface area contributed by atoms with Crippen LogP contribution in [0.3, 0.4) is 0 Å². The predicted molar refractivity (Wildman–Crippen MR) is 107 cm³/mol. The zero-order chi connectivity index (χ0) is 18.2. The summed E-state index contributed by atoms with van der Waals surface area (Å²) in [5.41, 5.74) is 1.24. The van der Waals surface area contributed by atoms with Crippen LogP contribution in [0.5, 0.6) is 11.5 Å². The molecule has 0 saturated heterocycles.